The number of carbonyl (C=O) groups is 2. The van der Waals surface area contributed by atoms with E-state index >= 15 is 0 Å². The molecule has 2 aliphatic rings. The van der Waals surface area contributed by atoms with Gasteiger partial charge >= 0.3 is 0 Å². The second-order valence-electron chi connectivity index (χ2n) is 10.5. The van der Waals surface area contributed by atoms with Crippen molar-refractivity contribution in [2.45, 2.75) is 65.1 Å². The number of hydrogen-bond acceptors (Lipinski definition) is 6. The lowest BCUT2D eigenvalue weighted by Gasteiger charge is -2.28. The van der Waals surface area contributed by atoms with Crippen LogP contribution in [0, 0.1) is 0 Å². The number of aromatic nitrogens is 1. The highest BCUT2D eigenvalue weighted by Crippen LogP contribution is 2.43. The largest absolute Gasteiger partial charge is 0.872 e. The Balaban J connectivity index is 1.59. The molecule has 3 heterocycles. The number of aromatic amines is 1. The number of rotatable bonds is 11. The fourth-order valence-electron chi connectivity index (χ4n) is 5.44. The highest BCUT2D eigenvalue weighted by molar-refractivity contribution is 6.46. The molecule has 1 fully saturated rings. The van der Waals surface area contributed by atoms with E-state index in [1.807, 2.05) is 32.0 Å². The van der Waals surface area contributed by atoms with Crippen LogP contribution >= 0.6 is 0 Å². The van der Waals surface area contributed by atoms with Crippen molar-refractivity contribution in [3.8, 4) is 17.2 Å². The number of pyridine rings is 1. The summed E-state index contributed by atoms with van der Waals surface area (Å²) in [5, 5.41) is 14.0. The SMILES string of the molecule is CCCCCOc1ccc(C2/C(=C(\[O-])c3ccc4c(c3)CC(C)O4)C(=O)C(=O)N2Cc2ccc[nH+]c2)cc1OCC. The van der Waals surface area contributed by atoms with Crippen LogP contribution in [0.1, 0.15) is 68.3 Å². The molecule has 3 aromatic rings. The van der Waals surface area contributed by atoms with Crippen LogP contribution in [0.15, 0.2) is 66.5 Å². The van der Waals surface area contributed by atoms with Gasteiger partial charge in [0.1, 0.15) is 11.9 Å². The van der Waals surface area contributed by atoms with E-state index < -0.39 is 23.5 Å². The predicted molar refractivity (Wildman–Crippen MR) is 151 cm³/mol. The first kappa shape index (κ1) is 28.2. The second-order valence-corrected chi connectivity index (χ2v) is 10.5. The number of nitrogens with one attached hydrogen (secondary N) is 1. The molecular weight excluding hydrogens is 520 g/mol. The lowest BCUT2D eigenvalue weighted by molar-refractivity contribution is -0.378. The fourth-order valence-corrected chi connectivity index (χ4v) is 5.44. The Morgan fingerprint density at radius 2 is 1.93 bits per heavy atom. The summed E-state index contributed by atoms with van der Waals surface area (Å²) < 4.78 is 17.7. The minimum atomic E-state index is -0.889. The van der Waals surface area contributed by atoms with Crippen LogP contribution in [-0.4, -0.2) is 35.9 Å². The third kappa shape index (κ3) is 5.92. The Bertz CT molecular complexity index is 1450. The van der Waals surface area contributed by atoms with Crippen molar-refractivity contribution in [2.24, 2.45) is 0 Å². The van der Waals surface area contributed by atoms with Gasteiger partial charge in [-0.2, -0.15) is 0 Å². The number of benzene rings is 2. The summed E-state index contributed by atoms with van der Waals surface area (Å²) in [4.78, 5) is 31.5. The first-order valence-electron chi connectivity index (χ1n) is 14.3. The van der Waals surface area contributed by atoms with Crippen LogP contribution in [0.5, 0.6) is 17.2 Å². The monoisotopic (exact) mass is 556 g/mol. The number of H-pyrrole nitrogens is 1. The Kier molecular flexibility index (Phi) is 8.57. The highest BCUT2D eigenvalue weighted by Gasteiger charge is 2.44. The van der Waals surface area contributed by atoms with E-state index in [0.717, 1.165) is 36.1 Å². The molecule has 5 rings (SSSR count). The maximum Gasteiger partial charge on any atom is 0.295 e. The zero-order valence-corrected chi connectivity index (χ0v) is 23.8. The molecule has 0 saturated carbocycles. The van der Waals surface area contributed by atoms with Gasteiger partial charge in [-0.25, -0.2) is 4.98 Å². The number of Topliss-reactive ketones (excluding diaryl/α,β-unsaturated/α-hetero) is 1. The van der Waals surface area contributed by atoms with Crippen LogP contribution in [0.4, 0.5) is 0 Å². The number of likely N-dealkylation sites (tertiary alicyclic amines) is 1. The summed E-state index contributed by atoms with van der Waals surface area (Å²) >= 11 is 0. The molecule has 2 aliphatic heterocycles. The topological polar surface area (TPSA) is 102 Å². The highest BCUT2D eigenvalue weighted by atomic mass is 16.5. The number of fused-ring (bicyclic) bond motifs is 1. The van der Waals surface area contributed by atoms with Crippen molar-refractivity contribution in [1.29, 1.82) is 0 Å². The van der Waals surface area contributed by atoms with Crippen LogP contribution < -0.4 is 24.3 Å². The average molecular weight is 557 g/mol. The van der Waals surface area contributed by atoms with Crippen molar-refractivity contribution < 1.29 is 33.9 Å². The van der Waals surface area contributed by atoms with Crippen LogP contribution in [0.25, 0.3) is 5.76 Å². The predicted octanol–water partition coefficient (Wildman–Crippen LogP) is 4.22. The molecule has 0 spiro atoms. The molecule has 1 amide bonds. The molecule has 214 valence electrons. The van der Waals surface area contributed by atoms with Gasteiger partial charge in [0, 0.05) is 23.6 Å². The molecule has 8 heteroatoms. The summed E-state index contributed by atoms with van der Waals surface area (Å²) in [5.41, 5.74) is 2.61. The summed E-state index contributed by atoms with van der Waals surface area (Å²) in [7, 11) is 0. The van der Waals surface area contributed by atoms with E-state index in [-0.39, 0.29) is 18.2 Å². The number of nitrogens with zero attached hydrogens (tertiary/aromatic N) is 1. The molecule has 41 heavy (non-hydrogen) atoms. The maximum absolute atomic E-state index is 14.0. The molecule has 0 radical (unpaired) electrons. The lowest BCUT2D eigenvalue weighted by Crippen LogP contribution is -2.29. The number of ketones is 1. The Morgan fingerprint density at radius 1 is 1.07 bits per heavy atom. The summed E-state index contributed by atoms with van der Waals surface area (Å²) in [6.07, 6.45) is 7.31. The minimum absolute atomic E-state index is 0.0169. The molecule has 1 saturated heterocycles. The normalized spacial score (nSPS) is 19.2. The fraction of sp³-hybridized carbons (Fsp3) is 0.364. The standard InChI is InChI=1S/C33H36N2O6/c1-4-6-7-15-40-27-13-10-23(18-28(27)39-5-2)30-29(31(36)24-11-12-26-25(17-24)16-21(3)41-26)32(37)33(38)35(30)20-22-9-8-14-34-19-22/h8-14,17-19,21,30,36H,4-7,15-16,20H2,1-3H3/b31-29+. The van der Waals surface area contributed by atoms with Crippen molar-refractivity contribution in [2.75, 3.05) is 13.2 Å². The van der Waals surface area contributed by atoms with Crippen LogP contribution in [0.2, 0.25) is 0 Å². The molecule has 2 unspecified atom stereocenters. The van der Waals surface area contributed by atoms with Crippen molar-refractivity contribution in [1.82, 2.24) is 4.90 Å². The van der Waals surface area contributed by atoms with Crippen molar-refractivity contribution in [3.63, 3.8) is 0 Å². The Hall–Kier alpha value is -4.33. The molecule has 0 bridgehead atoms. The summed E-state index contributed by atoms with van der Waals surface area (Å²) in [6.45, 7) is 7.10. The molecule has 0 aliphatic carbocycles. The molecule has 2 atom stereocenters. The van der Waals surface area contributed by atoms with E-state index in [0.29, 0.717) is 42.3 Å². The first-order chi connectivity index (χ1) is 19.9. The van der Waals surface area contributed by atoms with Crippen molar-refractivity contribution in [3.05, 3.63) is 88.8 Å². The number of amides is 1. The zero-order chi connectivity index (χ0) is 28.9. The van der Waals surface area contributed by atoms with E-state index in [2.05, 4.69) is 11.9 Å². The van der Waals surface area contributed by atoms with Gasteiger partial charge < -0.3 is 24.2 Å². The van der Waals surface area contributed by atoms with Crippen molar-refractivity contribution >= 4 is 17.4 Å². The molecule has 8 nitrogen and oxygen atoms in total. The van der Waals surface area contributed by atoms with Gasteiger partial charge in [-0.15, -0.1) is 0 Å². The number of ether oxygens (including phenoxy) is 3. The van der Waals surface area contributed by atoms with Gasteiger partial charge in [0.2, 0.25) is 5.78 Å². The number of hydrogen-bond donors (Lipinski definition) is 0. The minimum Gasteiger partial charge on any atom is -0.872 e. The number of carbonyl (C=O) groups excluding carboxylic acids is 2. The average Bonchev–Trinajstić information content (AvgIpc) is 3.47. The third-order valence-corrected chi connectivity index (χ3v) is 7.40. The van der Waals surface area contributed by atoms with E-state index in [1.54, 1.807) is 42.7 Å². The lowest BCUT2D eigenvalue weighted by atomic mass is 9.94. The number of unbranched alkanes of at least 4 members (excludes halogenated alkanes) is 2. The molecular formula is C33H36N2O6. The van der Waals surface area contributed by atoms with Gasteiger partial charge in [-0.05, 0) is 67.3 Å². The van der Waals surface area contributed by atoms with E-state index in [9.17, 15) is 14.7 Å². The third-order valence-electron chi connectivity index (χ3n) is 7.40. The second kappa shape index (κ2) is 12.5. The molecule has 2 aromatic carbocycles. The first-order valence-corrected chi connectivity index (χ1v) is 14.3. The molecule has 1 N–H and O–H groups in total. The van der Waals surface area contributed by atoms with Crippen LogP contribution in [0.3, 0.4) is 0 Å². The van der Waals surface area contributed by atoms with Gasteiger partial charge in [0.15, 0.2) is 23.9 Å². The van der Waals surface area contributed by atoms with Crippen LogP contribution in [-0.2, 0) is 22.6 Å². The molecule has 1 aromatic heterocycles. The summed E-state index contributed by atoms with van der Waals surface area (Å²) in [6, 6.07) is 13.4. The van der Waals surface area contributed by atoms with E-state index in [4.69, 9.17) is 14.2 Å². The van der Waals surface area contributed by atoms with E-state index in [1.165, 1.54) is 4.90 Å². The van der Waals surface area contributed by atoms with Gasteiger partial charge in [-0.3, -0.25) is 9.59 Å². The van der Waals surface area contributed by atoms with Gasteiger partial charge in [0.25, 0.3) is 5.91 Å². The van der Waals surface area contributed by atoms with Gasteiger partial charge in [-0.1, -0.05) is 37.7 Å². The smallest absolute Gasteiger partial charge is 0.295 e. The van der Waals surface area contributed by atoms with Gasteiger partial charge in [0.05, 0.1) is 25.8 Å². The Morgan fingerprint density at radius 3 is 2.68 bits per heavy atom. The Labute approximate surface area is 240 Å². The maximum atomic E-state index is 14.0. The zero-order valence-electron chi connectivity index (χ0n) is 23.8. The summed E-state index contributed by atoms with van der Waals surface area (Å²) in [5.74, 6) is -0.122. The quantitative estimate of drug-likeness (QED) is 0.152.